The zero-order valence-corrected chi connectivity index (χ0v) is 19.2. The van der Waals surface area contributed by atoms with Crippen LogP contribution in [0.3, 0.4) is 0 Å². The Morgan fingerprint density at radius 2 is 1.84 bits per heavy atom. The average molecular weight is 439 g/mol. The first-order valence-corrected chi connectivity index (χ1v) is 10.7. The summed E-state index contributed by atoms with van der Waals surface area (Å²) in [4.78, 5) is 27.5. The topological polar surface area (TPSA) is 77.1 Å². The first-order chi connectivity index (χ1) is 15.4. The van der Waals surface area contributed by atoms with Crippen molar-refractivity contribution >= 4 is 12.0 Å². The third-order valence-electron chi connectivity index (χ3n) is 5.53. The van der Waals surface area contributed by atoms with Gasteiger partial charge in [-0.25, -0.2) is 9.59 Å². The molecule has 1 aliphatic heterocycles. The Labute approximate surface area is 189 Å². The molecule has 7 heteroatoms. The Morgan fingerprint density at radius 1 is 1.06 bits per heavy atom. The fraction of sp³-hybridized carbons (Fsp3) is 0.360. The highest BCUT2D eigenvalue weighted by atomic mass is 16.5. The monoisotopic (exact) mass is 438 g/mol. The van der Waals surface area contributed by atoms with E-state index >= 15 is 0 Å². The summed E-state index contributed by atoms with van der Waals surface area (Å²) in [6.45, 7) is 8.30. The number of rotatable bonds is 8. The number of carbonyl (C=O) groups is 2. The van der Waals surface area contributed by atoms with E-state index in [1.165, 1.54) is 4.90 Å². The number of benzene rings is 2. The smallest absolute Gasteiger partial charge is 0.338 e. The lowest BCUT2D eigenvalue weighted by Gasteiger charge is -2.36. The van der Waals surface area contributed by atoms with Crippen LogP contribution < -0.4 is 14.8 Å². The number of hydrogen-bond acceptors (Lipinski definition) is 5. The highest BCUT2D eigenvalue weighted by Crippen LogP contribution is 2.33. The van der Waals surface area contributed by atoms with Gasteiger partial charge in [0.15, 0.2) is 0 Å². The van der Waals surface area contributed by atoms with Crippen molar-refractivity contribution in [3.8, 4) is 11.5 Å². The second kappa shape index (κ2) is 10.2. The van der Waals surface area contributed by atoms with E-state index in [-0.39, 0.29) is 19.2 Å². The van der Waals surface area contributed by atoms with Gasteiger partial charge in [-0.05, 0) is 68.7 Å². The molecule has 2 aromatic carbocycles. The number of nitrogens with one attached hydrogen (secondary N) is 1. The van der Waals surface area contributed by atoms with Gasteiger partial charge < -0.3 is 19.5 Å². The van der Waals surface area contributed by atoms with Gasteiger partial charge in [0, 0.05) is 6.54 Å². The summed E-state index contributed by atoms with van der Waals surface area (Å²) in [5.41, 5.74) is 3.82. The molecule has 1 heterocycles. The van der Waals surface area contributed by atoms with Gasteiger partial charge in [-0.2, -0.15) is 0 Å². The Hall–Kier alpha value is -3.48. The van der Waals surface area contributed by atoms with Crippen molar-refractivity contribution < 1.29 is 23.8 Å². The number of urea groups is 1. The Balaban J connectivity index is 2.07. The predicted molar refractivity (Wildman–Crippen MR) is 122 cm³/mol. The highest BCUT2D eigenvalue weighted by Gasteiger charge is 2.38. The average Bonchev–Trinajstić information content (AvgIpc) is 2.79. The molecular formula is C25H30N2O5. The molecule has 1 N–H and O–H groups in total. The van der Waals surface area contributed by atoms with Crippen LogP contribution in [0.5, 0.6) is 11.5 Å². The van der Waals surface area contributed by atoms with Gasteiger partial charge in [-0.3, -0.25) is 4.90 Å². The van der Waals surface area contributed by atoms with Crippen LogP contribution in [0.25, 0.3) is 0 Å². The van der Waals surface area contributed by atoms with Gasteiger partial charge in [-0.15, -0.1) is 0 Å². The number of nitrogens with zero attached hydrogens (tertiary/aromatic N) is 1. The van der Waals surface area contributed by atoms with Crippen LogP contribution in [-0.2, 0) is 9.53 Å². The summed E-state index contributed by atoms with van der Waals surface area (Å²) in [6, 6.07) is 12.1. The number of carbonyl (C=O) groups excluding carboxylic acids is 2. The van der Waals surface area contributed by atoms with Crippen LogP contribution in [0, 0.1) is 13.8 Å². The summed E-state index contributed by atoms with van der Waals surface area (Å²) in [7, 11) is 1.57. The van der Waals surface area contributed by atoms with Crippen molar-refractivity contribution in [1.82, 2.24) is 10.2 Å². The number of ether oxygens (including phenoxy) is 3. The largest absolute Gasteiger partial charge is 0.497 e. The molecule has 0 bridgehead atoms. The number of esters is 1. The van der Waals surface area contributed by atoms with Crippen LogP contribution in [0.1, 0.15) is 36.6 Å². The maximum atomic E-state index is 13.1. The van der Waals surface area contributed by atoms with Crippen molar-refractivity contribution in [1.29, 1.82) is 0 Å². The molecule has 2 amide bonds. The molecule has 0 aromatic heterocycles. The van der Waals surface area contributed by atoms with Gasteiger partial charge in [0.2, 0.25) is 0 Å². The highest BCUT2D eigenvalue weighted by molar-refractivity contribution is 5.95. The second-order valence-corrected chi connectivity index (χ2v) is 7.52. The SMILES string of the molecule is CCOC(=O)C1=C(COc2ccc(C)c(C)c2)N(CC)C(=O)N[C@@H]1c1cccc(OC)c1. The van der Waals surface area contributed by atoms with Crippen LogP contribution in [0.2, 0.25) is 0 Å². The van der Waals surface area contributed by atoms with Crippen molar-refractivity contribution in [3.05, 3.63) is 70.4 Å². The molecule has 0 fully saturated rings. The first kappa shape index (κ1) is 23.2. The summed E-state index contributed by atoms with van der Waals surface area (Å²) < 4.78 is 16.7. The number of likely N-dealkylation sites (N-methyl/N-ethyl adjacent to an activating group) is 1. The maximum Gasteiger partial charge on any atom is 0.338 e. The molecule has 0 saturated heterocycles. The van der Waals surface area contributed by atoms with E-state index in [0.717, 1.165) is 16.7 Å². The van der Waals surface area contributed by atoms with E-state index in [4.69, 9.17) is 14.2 Å². The third-order valence-corrected chi connectivity index (χ3v) is 5.53. The van der Waals surface area contributed by atoms with Crippen LogP contribution in [-0.4, -0.2) is 43.8 Å². The van der Waals surface area contributed by atoms with Crippen molar-refractivity contribution in [2.24, 2.45) is 0 Å². The quantitative estimate of drug-likeness (QED) is 0.622. The molecule has 7 nitrogen and oxygen atoms in total. The van der Waals surface area contributed by atoms with Gasteiger partial charge >= 0.3 is 12.0 Å². The van der Waals surface area contributed by atoms with Gasteiger partial charge in [0.1, 0.15) is 18.1 Å². The van der Waals surface area contributed by atoms with Gasteiger partial charge in [-0.1, -0.05) is 18.2 Å². The van der Waals surface area contributed by atoms with E-state index < -0.39 is 12.0 Å². The summed E-state index contributed by atoms with van der Waals surface area (Å²) in [6.07, 6.45) is 0. The van der Waals surface area contributed by atoms with E-state index in [9.17, 15) is 9.59 Å². The van der Waals surface area contributed by atoms with Crippen molar-refractivity contribution in [2.45, 2.75) is 33.7 Å². The Bertz CT molecular complexity index is 1030. The summed E-state index contributed by atoms with van der Waals surface area (Å²) in [5, 5.41) is 2.94. The molecule has 3 rings (SSSR count). The molecule has 2 aromatic rings. The van der Waals surface area contributed by atoms with E-state index in [0.29, 0.717) is 29.3 Å². The van der Waals surface area contributed by atoms with Crippen LogP contribution in [0.15, 0.2) is 53.7 Å². The molecular weight excluding hydrogens is 408 g/mol. The minimum atomic E-state index is -0.683. The summed E-state index contributed by atoms with van der Waals surface area (Å²) >= 11 is 0. The lowest BCUT2D eigenvalue weighted by molar-refractivity contribution is -0.139. The zero-order chi connectivity index (χ0) is 23.3. The first-order valence-electron chi connectivity index (χ1n) is 10.7. The Kier molecular flexibility index (Phi) is 7.41. The summed E-state index contributed by atoms with van der Waals surface area (Å²) in [5.74, 6) is 0.812. The number of methoxy groups -OCH3 is 1. The van der Waals surface area contributed by atoms with Gasteiger partial charge in [0.25, 0.3) is 0 Å². The molecule has 1 aliphatic rings. The standard InChI is InChI=1S/C25H30N2O5/c1-6-27-21(15-32-20-12-11-16(3)17(4)13-20)22(24(28)31-7-2)23(26-25(27)29)18-9-8-10-19(14-18)30-5/h8-14,23H,6-7,15H2,1-5H3,(H,26,29)/t23-/m1/s1. The van der Waals surface area contributed by atoms with E-state index in [1.54, 1.807) is 20.1 Å². The predicted octanol–water partition coefficient (Wildman–Crippen LogP) is 4.29. The van der Waals surface area contributed by atoms with Crippen LogP contribution >= 0.6 is 0 Å². The molecule has 0 spiro atoms. The fourth-order valence-electron chi connectivity index (χ4n) is 3.67. The van der Waals surface area contributed by atoms with Gasteiger partial charge in [0.05, 0.1) is 31.0 Å². The molecule has 170 valence electrons. The lowest BCUT2D eigenvalue weighted by atomic mass is 9.94. The minimum Gasteiger partial charge on any atom is -0.497 e. The fourth-order valence-corrected chi connectivity index (χ4v) is 3.67. The van der Waals surface area contributed by atoms with Crippen molar-refractivity contribution in [3.63, 3.8) is 0 Å². The molecule has 0 unspecified atom stereocenters. The Morgan fingerprint density at radius 3 is 2.50 bits per heavy atom. The normalized spacial score (nSPS) is 16.0. The molecule has 0 radical (unpaired) electrons. The van der Waals surface area contributed by atoms with Crippen LogP contribution in [0.4, 0.5) is 4.79 Å². The van der Waals surface area contributed by atoms with Crippen molar-refractivity contribution in [2.75, 3.05) is 26.9 Å². The molecule has 32 heavy (non-hydrogen) atoms. The van der Waals surface area contributed by atoms with E-state index in [2.05, 4.69) is 5.32 Å². The number of amides is 2. The van der Waals surface area contributed by atoms with E-state index in [1.807, 2.05) is 57.2 Å². The number of hydrogen-bond donors (Lipinski definition) is 1. The maximum absolute atomic E-state index is 13.1. The third kappa shape index (κ3) is 4.88. The molecule has 0 aliphatic carbocycles. The second-order valence-electron chi connectivity index (χ2n) is 7.52. The molecule has 0 saturated carbocycles. The minimum absolute atomic E-state index is 0.0539. The lowest BCUT2D eigenvalue weighted by Crippen LogP contribution is -2.49. The number of aryl methyl sites for hydroxylation is 2. The zero-order valence-electron chi connectivity index (χ0n) is 19.2. The molecule has 1 atom stereocenters.